The van der Waals surface area contributed by atoms with Crippen molar-refractivity contribution in [2.24, 2.45) is 0 Å². The summed E-state index contributed by atoms with van der Waals surface area (Å²) in [4.78, 5) is 34.6. The standard InChI is InChI=1S/C36H33FN8O2S/c1-23-11-12-24(20-29(23)34(46)38-26-8-5-4-6-9-26)30-22-44(42-40-30)28-17-18-36(2,3)43(21-28)35(47)32-39-33(31-10-7-19-48-31)45(41-32)27-15-13-25(37)14-16-27/h4-16,19-20,22,28H,17-18,21H2,1-3H3,(H,38,46). The highest BCUT2D eigenvalue weighted by Gasteiger charge is 2.40. The molecular formula is C36H33FN8O2S. The number of benzene rings is 3. The third kappa shape index (κ3) is 6.14. The molecule has 1 aliphatic heterocycles. The fourth-order valence-corrected chi connectivity index (χ4v) is 6.66. The fraction of sp³-hybridized carbons (Fsp3) is 0.222. The number of aryl methyl sites for hydroxylation is 1. The van der Waals surface area contributed by atoms with Crippen LogP contribution in [0.2, 0.25) is 0 Å². The van der Waals surface area contributed by atoms with Crippen LogP contribution in [0.15, 0.2) is 96.5 Å². The summed E-state index contributed by atoms with van der Waals surface area (Å²) in [5.41, 5.74) is 3.67. The Kier molecular flexibility index (Phi) is 8.17. The van der Waals surface area contributed by atoms with E-state index in [0.717, 1.165) is 34.5 Å². The van der Waals surface area contributed by atoms with Gasteiger partial charge in [-0.05, 0) is 93.1 Å². The van der Waals surface area contributed by atoms with Crippen molar-refractivity contribution in [2.75, 3.05) is 11.9 Å². The Morgan fingerprint density at radius 1 is 1.00 bits per heavy atom. The number of carbonyl (C=O) groups excluding carboxylic acids is 2. The quantitative estimate of drug-likeness (QED) is 0.194. The van der Waals surface area contributed by atoms with Crippen molar-refractivity contribution in [2.45, 2.75) is 45.2 Å². The highest BCUT2D eigenvalue weighted by Crippen LogP contribution is 2.35. The summed E-state index contributed by atoms with van der Waals surface area (Å²) in [6, 6.07) is 24.6. The van der Waals surface area contributed by atoms with Gasteiger partial charge in [0.2, 0.25) is 5.82 Å². The first-order chi connectivity index (χ1) is 23.2. The molecular weight excluding hydrogens is 628 g/mol. The number of likely N-dealkylation sites (tertiary alicyclic amines) is 1. The Morgan fingerprint density at radius 3 is 2.54 bits per heavy atom. The lowest BCUT2D eigenvalue weighted by atomic mass is 9.88. The van der Waals surface area contributed by atoms with Crippen molar-refractivity contribution in [1.29, 1.82) is 0 Å². The Bertz CT molecular complexity index is 2090. The average molecular weight is 661 g/mol. The van der Waals surface area contributed by atoms with Crippen LogP contribution in [0.3, 0.4) is 0 Å². The summed E-state index contributed by atoms with van der Waals surface area (Å²) in [6.07, 6.45) is 3.38. The molecule has 1 N–H and O–H groups in total. The molecule has 1 unspecified atom stereocenters. The summed E-state index contributed by atoms with van der Waals surface area (Å²) < 4.78 is 17.1. The minimum Gasteiger partial charge on any atom is -0.329 e. The van der Waals surface area contributed by atoms with Gasteiger partial charge in [-0.15, -0.1) is 21.5 Å². The van der Waals surface area contributed by atoms with Crippen molar-refractivity contribution in [3.8, 4) is 27.6 Å². The summed E-state index contributed by atoms with van der Waals surface area (Å²) in [5, 5.41) is 18.4. The number of rotatable bonds is 7. The van der Waals surface area contributed by atoms with E-state index in [1.165, 1.54) is 23.5 Å². The number of hydrogen-bond acceptors (Lipinski definition) is 7. The second-order valence-electron chi connectivity index (χ2n) is 12.5. The first kappa shape index (κ1) is 31.1. The van der Waals surface area contributed by atoms with Crippen molar-refractivity contribution < 1.29 is 14.0 Å². The molecule has 3 aromatic heterocycles. The number of anilines is 1. The molecule has 4 heterocycles. The molecule has 1 atom stereocenters. The lowest BCUT2D eigenvalue weighted by Crippen LogP contribution is -2.53. The SMILES string of the molecule is Cc1ccc(-c2cn(C3CCC(C)(C)N(C(=O)c4nc(-c5cccs5)n(-c5ccc(F)cc5)n4)C3)nn2)cc1C(=O)Nc1ccccc1. The highest BCUT2D eigenvalue weighted by molar-refractivity contribution is 7.13. The number of hydrogen-bond donors (Lipinski definition) is 1. The minimum atomic E-state index is -0.459. The smallest absolute Gasteiger partial charge is 0.294 e. The second-order valence-corrected chi connectivity index (χ2v) is 13.4. The predicted molar refractivity (Wildman–Crippen MR) is 183 cm³/mol. The van der Waals surface area contributed by atoms with Gasteiger partial charge in [0.25, 0.3) is 11.8 Å². The third-order valence-corrected chi connectivity index (χ3v) is 9.63. The Hall–Kier alpha value is -5.49. The molecule has 1 fully saturated rings. The molecule has 0 radical (unpaired) electrons. The van der Waals surface area contributed by atoms with E-state index in [1.54, 1.807) is 21.5 Å². The summed E-state index contributed by atoms with van der Waals surface area (Å²) in [6.45, 7) is 6.36. The number of thiophene rings is 1. The number of para-hydroxylation sites is 1. The van der Waals surface area contributed by atoms with Gasteiger partial charge in [-0.1, -0.05) is 41.6 Å². The highest BCUT2D eigenvalue weighted by atomic mass is 32.1. The maximum absolute atomic E-state index is 14.2. The summed E-state index contributed by atoms with van der Waals surface area (Å²) >= 11 is 1.49. The van der Waals surface area contributed by atoms with Crippen LogP contribution in [0.5, 0.6) is 0 Å². The number of piperidine rings is 1. The summed E-state index contributed by atoms with van der Waals surface area (Å²) in [5.74, 6) is -0.272. The molecule has 48 heavy (non-hydrogen) atoms. The van der Waals surface area contributed by atoms with Crippen molar-refractivity contribution in [1.82, 2.24) is 34.7 Å². The molecule has 12 heteroatoms. The zero-order valence-corrected chi connectivity index (χ0v) is 27.5. The van der Waals surface area contributed by atoms with Crippen LogP contribution in [-0.4, -0.2) is 58.6 Å². The van der Waals surface area contributed by atoms with Gasteiger partial charge in [0.1, 0.15) is 11.5 Å². The normalized spacial score (nSPS) is 15.8. The molecule has 1 saturated heterocycles. The van der Waals surface area contributed by atoms with E-state index in [2.05, 4.69) is 20.7 Å². The van der Waals surface area contributed by atoms with Crippen LogP contribution in [-0.2, 0) is 0 Å². The van der Waals surface area contributed by atoms with E-state index in [4.69, 9.17) is 4.98 Å². The fourth-order valence-electron chi connectivity index (χ4n) is 5.96. The Morgan fingerprint density at radius 2 is 1.79 bits per heavy atom. The lowest BCUT2D eigenvalue weighted by molar-refractivity contribution is 0.0297. The van der Waals surface area contributed by atoms with Crippen molar-refractivity contribution >= 4 is 28.8 Å². The topological polar surface area (TPSA) is 111 Å². The molecule has 1 aliphatic rings. The number of carbonyl (C=O) groups is 2. The molecule has 242 valence electrons. The van der Waals surface area contributed by atoms with Crippen LogP contribution >= 0.6 is 11.3 Å². The zero-order valence-electron chi connectivity index (χ0n) is 26.7. The molecule has 0 aliphatic carbocycles. The zero-order chi connectivity index (χ0) is 33.4. The monoisotopic (exact) mass is 660 g/mol. The van der Waals surface area contributed by atoms with Crippen LogP contribution < -0.4 is 5.32 Å². The predicted octanol–water partition coefficient (Wildman–Crippen LogP) is 7.21. The molecule has 3 aromatic carbocycles. The third-order valence-electron chi connectivity index (χ3n) is 8.76. The second kappa shape index (κ2) is 12.6. The van der Waals surface area contributed by atoms with Crippen LogP contribution in [0, 0.1) is 12.7 Å². The largest absolute Gasteiger partial charge is 0.329 e. The summed E-state index contributed by atoms with van der Waals surface area (Å²) in [7, 11) is 0. The van der Waals surface area contributed by atoms with E-state index in [-0.39, 0.29) is 29.5 Å². The van der Waals surface area contributed by atoms with Gasteiger partial charge < -0.3 is 10.2 Å². The van der Waals surface area contributed by atoms with Crippen LogP contribution in [0.1, 0.15) is 59.3 Å². The molecule has 6 aromatic rings. The average Bonchev–Trinajstić information content (AvgIpc) is 3.87. The number of nitrogens with one attached hydrogen (secondary N) is 1. The maximum atomic E-state index is 14.2. The van der Waals surface area contributed by atoms with Crippen molar-refractivity contribution in [3.63, 3.8) is 0 Å². The Balaban J connectivity index is 1.14. The van der Waals surface area contributed by atoms with Gasteiger partial charge >= 0.3 is 0 Å². The van der Waals surface area contributed by atoms with E-state index >= 15 is 0 Å². The first-order valence-corrected chi connectivity index (χ1v) is 16.5. The van der Waals surface area contributed by atoms with Crippen LogP contribution in [0.4, 0.5) is 10.1 Å². The molecule has 10 nitrogen and oxygen atoms in total. The van der Waals surface area contributed by atoms with Gasteiger partial charge in [0.15, 0.2) is 5.82 Å². The van der Waals surface area contributed by atoms with Crippen molar-refractivity contribution in [3.05, 3.63) is 119 Å². The van der Waals surface area contributed by atoms with E-state index < -0.39 is 5.54 Å². The van der Waals surface area contributed by atoms with E-state index in [9.17, 15) is 14.0 Å². The number of nitrogens with zero attached hydrogens (tertiary/aromatic N) is 7. The Labute approximate surface area is 280 Å². The van der Waals surface area contributed by atoms with E-state index in [1.807, 2.05) is 97.9 Å². The first-order valence-electron chi connectivity index (χ1n) is 15.6. The molecule has 0 spiro atoms. The number of halogens is 1. The molecule has 2 amide bonds. The number of amides is 2. The van der Waals surface area contributed by atoms with Crippen LogP contribution in [0.25, 0.3) is 27.6 Å². The molecule has 0 bridgehead atoms. The lowest BCUT2D eigenvalue weighted by Gasteiger charge is -2.44. The minimum absolute atomic E-state index is 0.0664. The van der Waals surface area contributed by atoms with Gasteiger partial charge in [0, 0.05) is 28.9 Å². The maximum Gasteiger partial charge on any atom is 0.294 e. The van der Waals surface area contributed by atoms with Gasteiger partial charge in [-0.2, -0.15) is 0 Å². The van der Waals surface area contributed by atoms with Gasteiger partial charge in [0.05, 0.1) is 22.8 Å². The van der Waals surface area contributed by atoms with E-state index in [0.29, 0.717) is 29.3 Å². The van der Waals surface area contributed by atoms with Gasteiger partial charge in [-0.25, -0.2) is 18.7 Å². The molecule has 0 saturated carbocycles. The number of aromatic nitrogens is 6. The van der Waals surface area contributed by atoms with Gasteiger partial charge in [-0.3, -0.25) is 9.59 Å². The molecule has 7 rings (SSSR count).